The molecule has 0 N–H and O–H groups in total. The molecule has 178 valence electrons. The van der Waals surface area contributed by atoms with Crippen molar-refractivity contribution in [3.63, 3.8) is 0 Å². The number of benzene rings is 1. The molecule has 33 heavy (non-hydrogen) atoms. The maximum Gasteiger partial charge on any atom is 0.331 e. The lowest BCUT2D eigenvalue weighted by Crippen LogP contribution is -2.65. The Kier molecular flexibility index (Phi) is 6.65. The number of rotatable bonds is 7. The zero-order valence-electron chi connectivity index (χ0n) is 20.3. The summed E-state index contributed by atoms with van der Waals surface area (Å²) in [5.74, 6) is 0.487. The molecule has 6 rings (SSSR count). The molecular weight excluding hydrogens is 428 g/mol. The van der Waals surface area contributed by atoms with Crippen molar-refractivity contribution in [2.24, 2.45) is 5.92 Å². The Labute approximate surface area is 203 Å². The first-order chi connectivity index (χ1) is 16.0. The van der Waals surface area contributed by atoms with E-state index in [1.54, 1.807) is 0 Å². The number of esters is 1. The van der Waals surface area contributed by atoms with Gasteiger partial charge in [0.1, 0.15) is 12.1 Å². The quantitative estimate of drug-likeness (QED) is 0.416. The molecule has 5 heteroatoms. The second-order valence-corrected chi connectivity index (χ2v) is 12.1. The molecule has 4 aliphatic rings. The standard InChI is InChI=1S/C28H39N2O2S/c1-22-11-12-25(33-22)15-20-30-18-13-23(14-19-30)26(21-30)32-27(31)28(2,24-9-5-3-6-10-24)29-16-7-4-8-17-29/h3,5-6,9-12,23,26H,4,7-8,13-21H2,1-2H3/q+1/t23?,26-,28+,30?/m1/s1. The highest BCUT2D eigenvalue weighted by Crippen LogP contribution is 2.39. The van der Waals surface area contributed by atoms with Crippen LogP contribution < -0.4 is 0 Å². The van der Waals surface area contributed by atoms with E-state index in [9.17, 15) is 4.79 Å². The van der Waals surface area contributed by atoms with Gasteiger partial charge in [-0.15, -0.1) is 11.3 Å². The van der Waals surface area contributed by atoms with Crippen LogP contribution in [-0.4, -0.2) is 60.7 Å². The van der Waals surface area contributed by atoms with Crippen LogP contribution in [0.4, 0.5) is 0 Å². The summed E-state index contributed by atoms with van der Waals surface area (Å²) in [6.45, 7) is 10.9. The topological polar surface area (TPSA) is 29.5 Å². The summed E-state index contributed by atoms with van der Waals surface area (Å²) in [6.07, 6.45) is 7.14. The number of nitrogens with zero attached hydrogens (tertiary/aromatic N) is 2. The molecule has 2 bridgehead atoms. The monoisotopic (exact) mass is 467 g/mol. The van der Waals surface area contributed by atoms with Crippen LogP contribution in [0.15, 0.2) is 42.5 Å². The lowest BCUT2D eigenvalue weighted by atomic mass is 9.82. The smallest absolute Gasteiger partial charge is 0.331 e. The van der Waals surface area contributed by atoms with Crippen molar-refractivity contribution in [2.75, 3.05) is 39.3 Å². The lowest BCUT2D eigenvalue weighted by molar-refractivity contribution is -0.946. The molecule has 2 atom stereocenters. The van der Waals surface area contributed by atoms with Crippen LogP contribution in [0.2, 0.25) is 0 Å². The van der Waals surface area contributed by atoms with E-state index >= 15 is 0 Å². The van der Waals surface area contributed by atoms with Crippen molar-refractivity contribution in [1.82, 2.24) is 4.90 Å². The van der Waals surface area contributed by atoms with Gasteiger partial charge in [0.25, 0.3) is 0 Å². The zero-order valence-corrected chi connectivity index (χ0v) is 21.1. The largest absolute Gasteiger partial charge is 0.454 e. The molecule has 5 heterocycles. The van der Waals surface area contributed by atoms with Crippen LogP contribution in [0.3, 0.4) is 0 Å². The van der Waals surface area contributed by atoms with Crippen molar-refractivity contribution < 1.29 is 14.0 Å². The van der Waals surface area contributed by atoms with Crippen molar-refractivity contribution >= 4 is 17.3 Å². The Morgan fingerprint density at radius 2 is 1.82 bits per heavy atom. The molecule has 0 unspecified atom stereocenters. The van der Waals surface area contributed by atoms with E-state index in [0.717, 1.165) is 48.9 Å². The van der Waals surface area contributed by atoms with Crippen LogP contribution in [0, 0.1) is 12.8 Å². The van der Waals surface area contributed by atoms with Crippen LogP contribution in [0.25, 0.3) is 0 Å². The van der Waals surface area contributed by atoms with Crippen molar-refractivity contribution in [2.45, 2.75) is 64.0 Å². The van der Waals surface area contributed by atoms with Crippen LogP contribution in [0.5, 0.6) is 0 Å². The SMILES string of the molecule is Cc1ccc(CC[N+]23CCC(CC2)[C@H](OC(=O)[C@](C)(c2ccccc2)N2CCCCC2)C3)s1. The minimum atomic E-state index is -0.701. The fraction of sp³-hybridized carbons (Fsp3) is 0.607. The minimum Gasteiger partial charge on any atom is -0.454 e. The highest BCUT2D eigenvalue weighted by molar-refractivity contribution is 7.11. The number of hydrogen-bond donors (Lipinski definition) is 0. The third-order valence-corrected chi connectivity index (χ3v) is 9.71. The molecule has 1 aromatic carbocycles. The minimum absolute atomic E-state index is 0.0404. The number of hydrogen-bond acceptors (Lipinski definition) is 4. The predicted octanol–water partition coefficient (Wildman–Crippen LogP) is 5.15. The van der Waals surface area contributed by atoms with Crippen LogP contribution in [0.1, 0.15) is 54.3 Å². The van der Waals surface area contributed by atoms with Crippen LogP contribution >= 0.6 is 11.3 Å². The first-order valence-electron chi connectivity index (χ1n) is 12.9. The fourth-order valence-corrected chi connectivity index (χ4v) is 7.30. The molecule has 4 nitrogen and oxygen atoms in total. The van der Waals surface area contributed by atoms with E-state index in [1.165, 1.54) is 48.7 Å². The number of piperidine rings is 4. The van der Waals surface area contributed by atoms with E-state index in [4.69, 9.17) is 4.74 Å². The third kappa shape index (κ3) is 4.65. The number of quaternary nitrogens is 1. The highest BCUT2D eigenvalue weighted by atomic mass is 32.1. The first-order valence-corrected chi connectivity index (χ1v) is 13.7. The summed E-state index contributed by atoms with van der Waals surface area (Å²) >= 11 is 1.93. The summed E-state index contributed by atoms with van der Waals surface area (Å²) in [5, 5.41) is 0. The van der Waals surface area contributed by atoms with E-state index in [2.05, 4.69) is 43.0 Å². The van der Waals surface area contributed by atoms with E-state index in [1.807, 2.05) is 29.5 Å². The van der Waals surface area contributed by atoms with Gasteiger partial charge in [-0.05, 0) is 57.5 Å². The number of fused-ring (bicyclic) bond motifs is 3. The van der Waals surface area contributed by atoms with Gasteiger partial charge in [-0.3, -0.25) is 4.90 Å². The molecule has 1 aromatic heterocycles. The maximum atomic E-state index is 13.9. The van der Waals surface area contributed by atoms with Gasteiger partial charge in [0, 0.05) is 34.9 Å². The molecule has 0 radical (unpaired) electrons. The van der Waals surface area contributed by atoms with Gasteiger partial charge in [-0.25, -0.2) is 4.79 Å². The number of ether oxygens (including phenoxy) is 1. The van der Waals surface area contributed by atoms with E-state index in [-0.39, 0.29) is 12.1 Å². The molecule has 4 aliphatic heterocycles. The lowest BCUT2D eigenvalue weighted by Gasteiger charge is -2.52. The van der Waals surface area contributed by atoms with Crippen molar-refractivity contribution in [3.05, 3.63) is 57.8 Å². The Balaban J connectivity index is 1.32. The molecule has 4 saturated heterocycles. The van der Waals surface area contributed by atoms with Gasteiger partial charge >= 0.3 is 5.97 Å². The molecular formula is C28H39N2O2S+. The average molecular weight is 468 g/mol. The Hall–Kier alpha value is -1.69. The Bertz CT molecular complexity index is 944. The number of likely N-dealkylation sites (tertiary alicyclic amines) is 1. The molecule has 0 aliphatic carbocycles. The fourth-order valence-electron chi connectivity index (χ4n) is 6.42. The molecule has 0 amide bonds. The van der Waals surface area contributed by atoms with Gasteiger partial charge in [-0.2, -0.15) is 0 Å². The summed E-state index contributed by atoms with van der Waals surface area (Å²) in [5.41, 5.74) is 0.364. The van der Waals surface area contributed by atoms with Gasteiger partial charge < -0.3 is 9.22 Å². The number of carbonyl (C=O) groups is 1. The summed E-state index contributed by atoms with van der Waals surface area (Å²) in [6, 6.07) is 14.8. The Morgan fingerprint density at radius 3 is 2.48 bits per heavy atom. The van der Waals surface area contributed by atoms with Crippen molar-refractivity contribution in [3.8, 4) is 0 Å². The van der Waals surface area contributed by atoms with Gasteiger partial charge in [0.2, 0.25) is 0 Å². The maximum absolute atomic E-state index is 13.9. The highest BCUT2D eigenvalue weighted by Gasteiger charge is 2.50. The second-order valence-electron chi connectivity index (χ2n) is 10.7. The first kappa shape index (κ1) is 23.1. The van der Waals surface area contributed by atoms with Crippen molar-refractivity contribution in [1.29, 1.82) is 0 Å². The number of carbonyl (C=O) groups excluding carboxylic acids is 1. The van der Waals surface area contributed by atoms with Gasteiger partial charge in [0.05, 0.1) is 19.6 Å². The summed E-state index contributed by atoms with van der Waals surface area (Å²) in [4.78, 5) is 19.2. The Morgan fingerprint density at radius 1 is 1.09 bits per heavy atom. The van der Waals surface area contributed by atoms with E-state index in [0.29, 0.717) is 5.92 Å². The normalized spacial score (nSPS) is 29.5. The van der Waals surface area contributed by atoms with Crippen LogP contribution in [-0.2, 0) is 21.5 Å². The predicted molar refractivity (Wildman–Crippen MR) is 134 cm³/mol. The van der Waals surface area contributed by atoms with Gasteiger partial charge in [0.15, 0.2) is 6.10 Å². The number of aryl methyl sites for hydroxylation is 1. The molecule has 0 spiro atoms. The summed E-state index contributed by atoms with van der Waals surface area (Å²) < 4.78 is 7.61. The molecule has 0 saturated carbocycles. The van der Waals surface area contributed by atoms with E-state index < -0.39 is 5.54 Å². The molecule has 4 fully saturated rings. The zero-order chi connectivity index (χ0) is 22.9. The van der Waals surface area contributed by atoms with Gasteiger partial charge in [-0.1, -0.05) is 36.8 Å². The third-order valence-electron chi connectivity index (χ3n) is 8.65. The molecule has 2 aromatic rings. The average Bonchev–Trinajstić information content (AvgIpc) is 3.29. The second kappa shape index (κ2) is 9.52. The summed E-state index contributed by atoms with van der Waals surface area (Å²) in [7, 11) is 0. The number of thiophene rings is 1.